The van der Waals surface area contributed by atoms with E-state index in [0.29, 0.717) is 18.9 Å². The molecule has 1 N–H and O–H groups in total. The van der Waals surface area contributed by atoms with Crippen molar-refractivity contribution in [2.24, 2.45) is 0 Å². The molecule has 1 aromatic heterocycles. The zero-order valence-corrected chi connectivity index (χ0v) is 21.1. The smallest absolute Gasteiger partial charge is 0.244 e. The third-order valence-electron chi connectivity index (χ3n) is 6.55. The number of hydrogen-bond acceptors (Lipinski definition) is 3. The number of carbonyl (C=O) groups is 1. The maximum atomic E-state index is 13.2. The summed E-state index contributed by atoms with van der Waals surface area (Å²) in [5.41, 5.74) is 6.14. The first-order valence-electron chi connectivity index (χ1n) is 12.3. The number of ether oxygens (including phenoxy) is 1. The molecule has 0 saturated heterocycles. The molecule has 0 aliphatic carbocycles. The topological polar surface area (TPSA) is 51.5 Å². The van der Waals surface area contributed by atoms with Crippen LogP contribution in [0.1, 0.15) is 30.5 Å². The van der Waals surface area contributed by atoms with Crippen LogP contribution in [0.4, 0.5) is 4.39 Å². The van der Waals surface area contributed by atoms with Crippen LogP contribution < -0.4 is 10.1 Å². The third-order valence-corrected chi connectivity index (χ3v) is 6.55. The summed E-state index contributed by atoms with van der Waals surface area (Å²) in [6.45, 7) is 6.61. The molecule has 37 heavy (non-hydrogen) atoms. The molecule has 186 valence electrons. The van der Waals surface area contributed by atoms with E-state index in [4.69, 9.17) is 9.15 Å². The molecule has 0 radical (unpaired) electrons. The standard InChI is InChI=1S/C32H28FNO3/c1-4-36-31-21(3)32-28(29(19-37-32)25-12-11-23-7-5-6-8-24(23)16-25)17-27(31)20(2)15-30(35)34-18-22-9-13-26(33)14-10-22/h5-17,19H,4,18H2,1-3H3,(H,34,35)/b20-15+. The van der Waals surface area contributed by atoms with Gasteiger partial charge in [-0.25, -0.2) is 4.39 Å². The van der Waals surface area contributed by atoms with Crippen LogP contribution in [0.25, 0.3) is 38.4 Å². The summed E-state index contributed by atoms with van der Waals surface area (Å²) in [6, 6.07) is 22.8. The highest BCUT2D eigenvalue weighted by atomic mass is 19.1. The largest absolute Gasteiger partial charge is 0.493 e. The Morgan fingerprint density at radius 3 is 2.54 bits per heavy atom. The second kappa shape index (κ2) is 10.3. The van der Waals surface area contributed by atoms with Crippen molar-refractivity contribution in [2.45, 2.75) is 27.3 Å². The van der Waals surface area contributed by atoms with E-state index in [-0.39, 0.29) is 11.7 Å². The monoisotopic (exact) mass is 493 g/mol. The van der Waals surface area contributed by atoms with Gasteiger partial charge in [-0.05, 0) is 72.5 Å². The van der Waals surface area contributed by atoms with Crippen molar-refractivity contribution in [3.63, 3.8) is 0 Å². The number of halogens is 1. The third kappa shape index (κ3) is 4.98. The summed E-state index contributed by atoms with van der Waals surface area (Å²) >= 11 is 0. The quantitative estimate of drug-likeness (QED) is 0.235. The van der Waals surface area contributed by atoms with E-state index in [9.17, 15) is 9.18 Å². The minimum absolute atomic E-state index is 0.232. The normalized spacial score (nSPS) is 11.7. The van der Waals surface area contributed by atoms with E-state index in [2.05, 4.69) is 35.6 Å². The number of rotatable bonds is 7. The Labute approximate surface area is 215 Å². The molecule has 0 unspecified atom stereocenters. The van der Waals surface area contributed by atoms with E-state index in [1.807, 2.05) is 39.0 Å². The van der Waals surface area contributed by atoms with Gasteiger partial charge in [0.15, 0.2) is 0 Å². The zero-order chi connectivity index (χ0) is 25.9. The molecule has 4 aromatic carbocycles. The predicted octanol–water partition coefficient (Wildman–Crippen LogP) is 7.82. The van der Waals surface area contributed by atoms with Crippen LogP contribution in [0.15, 0.2) is 89.6 Å². The molecule has 5 rings (SSSR count). The summed E-state index contributed by atoms with van der Waals surface area (Å²) in [5, 5.41) is 6.18. The molecular weight excluding hydrogens is 465 g/mol. The average Bonchev–Trinajstić information content (AvgIpc) is 3.34. The molecule has 0 aliphatic heterocycles. The molecule has 0 atom stereocenters. The van der Waals surface area contributed by atoms with Crippen LogP contribution in [-0.2, 0) is 11.3 Å². The highest BCUT2D eigenvalue weighted by Crippen LogP contribution is 2.41. The maximum Gasteiger partial charge on any atom is 0.244 e. The van der Waals surface area contributed by atoms with Crippen molar-refractivity contribution < 1.29 is 18.3 Å². The second-order valence-electron chi connectivity index (χ2n) is 9.07. The number of furan rings is 1. The fourth-order valence-corrected chi connectivity index (χ4v) is 4.64. The van der Waals surface area contributed by atoms with Crippen molar-refractivity contribution >= 4 is 33.2 Å². The van der Waals surface area contributed by atoms with Crippen molar-refractivity contribution in [1.82, 2.24) is 5.32 Å². The lowest BCUT2D eigenvalue weighted by Gasteiger charge is -2.15. The van der Waals surface area contributed by atoms with Crippen molar-refractivity contribution in [1.29, 1.82) is 0 Å². The number of amides is 1. The van der Waals surface area contributed by atoms with Gasteiger partial charge in [-0.2, -0.15) is 0 Å². The first-order chi connectivity index (χ1) is 17.9. The Bertz CT molecular complexity index is 1630. The molecule has 4 nitrogen and oxygen atoms in total. The Morgan fingerprint density at radius 1 is 1.03 bits per heavy atom. The van der Waals surface area contributed by atoms with Crippen LogP contribution in [0.3, 0.4) is 0 Å². The minimum atomic E-state index is -0.303. The number of benzene rings is 4. The summed E-state index contributed by atoms with van der Waals surface area (Å²) in [7, 11) is 0. The van der Waals surface area contributed by atoms with Gasteiger partial charge in [-0.15, -0.1) is 0 Å². The molecule has 0 bridgehead atoms. The Hall–Kier alpha value is -4.38. The van der Waals surface area contributed by atoms with Crippen LogP contribution in [-0.4, -0.2) is 12.5 Å². The molecule has 1 amide bonds. The van der Waals surface area contributed by atoms with Gasteiger partial charge in [0.1, 0.15) is 17.1 Å². The predicted molar refractivity (Wildman–Crippen MR) is 147 cm³/mol. The van der Waals surface area contributed by atoms with Gasteiger partial charge in [0.05, 0.1) is 12.9 Å². The van der Waals surface area contributed by atoms with Crippen molar-refractivity contribution in [2.75, 3.05) is 6.61 Å². The Morgan fingerprint density at radius 2 is 1.78 bits per heavy atom. The highest BCUT2D eigenvalue weighted by Gasteiger charge is 2.19. The van der Waals surface area contributed by atoms with Gasteiger partial charge < -0.3 is 14.5 Å². The van der Waals surface area contributed by atoms with Crippen LogP contribution in [0, 0.1) is 12.7 Å². The second-order valence-corrected chi connectivity index (χ2v) is 9.07. The molecule has 1 heterocycles. The first-order valence-corrected chi connectivity index (χ1v) is 12.3. The summed E-state index contributed by atoms with van der Waals surface area (Å²) in [6.07, 6.45) is 3.36. The van der Waals surface area contributed by atoms with E-state index >= 15 is 0 Å². The van der Waals surface area contributed by atoms with Crippen LogP contribution in [0.2, 0.25) is 0 Å². The number of allylic oxidation sites excluding steroid dienone is 1. The van der Waals surface area contributed by atoms with E-state index in [1.54, 1.807) is 24.5 Å². The van der Waals surface area contributed by atoms with Gasteiger partial charge in [-0.1, -0.05) is 48.5 Å². The zero-order valence-electron chi connectivity index (χ0n) is 21.1. The SMILES string of the molecule is CCOc1c(/C(C)=C/C(=O)NCc2ccc(F)cc2)cc2c(-c3ccc4ccccc4c3)coc2c1C. The number of fused-ring (bicyclic) bond motifs is 2. The molecule has 0 saturated carbocycles. The Balaban J connectivity index is 1.52. The van der Waals surface area contributed by atoms with E-state index < -0.39 is 0 Å². The van der Waals surface area contributed by atoms with Gasteiger partial charge in [-0.3, -0.25) is 4.79 Å². The van der Waals surface area contributed by atoms with Crippen LogP contribution in [0.5, 0.6) is 5.75 Å². The average molecular weight is 494 g/mol. The van der Waals surface area contributed by atoms with Gasteiger partial charge in [0.2, 0.25) is 5.91 Å². The summed E-state index contributed by atoms with van der Waals surface area (Å²) in [5.74, 6) is 0.167. The van der Waals surface area contributed by atoms with Gasteiger partial charge in [0.25, 0.3) is 0 Å². The lowest BCUT2D eigenvalue weighted by molar-refractivity contribution is -0.116. The fraction of sp³-hybridized carbons (Fsp3) is 0.156. The summed E-state index contributed by atoms with van der Waals surface area (Å²) in [4.78, 5) is 12.7. The molecule has 5 aromatic rings. The molecular formula is C32H28FNO3. The number of aryl methyl sites for hydroxylation is 1. The number of hydrogen-bond donors (Lipinski definition) is 1. The fourth-order valence-electron chi connectivity index (χ4n) is 4.64. The van der Waals surface area contributed by atoms with E-state index in [0.717, 1.165) is 49.7 Å². The lowest BCUT2D eigenvalue weighted by atomic mass is 9.95. The highest BCUT2D eigenvalue weighted by molar-refractivity contribution is 6.02. The minimum Gasteiger partial charge on any atom is -0.493 e. The summed E-state index contributed by atoms with van der Waals surface area (Å²) < 4.78 is 25.2. The van der Waals surface area contributed by atoms with E-state index in [1.165, 1.54) is 17.5 Å². The molecule has 5 heteroatoms. The number of carbonyl (C=O) groups excluding carboxylic acids is 1. The molecule has 0 aliphatic rings. The van der Waals surface area contributed by atoms with Gasteiger partial charge in [0, 0.05) is 34.7 Å². The first kappa shape index (κ1) is 24.3. The molecule has 0 fully saturated rings. The maximum absolute atomic E-state index is 13.2. The lowest BCUT2D eigenvalue weighted by Crippen LogP contribution is -2.20. The van der Waals surface area contributed by atoms with Gasteiger partial charge >= 0.3 is 0 Å². The van der Waals surface area contributed by atoms with Crippen molar-refractivity contribution in [3.05, 3.63) is 108 Å². The van der Waals surface area contributed by atoms with Crippen LogP contribution >= 0.6 is 0 Å². The Kier molecular flexibility index (Phi) is 6.78. The van der Waals surface area contributed by atoms with Crippen molar-refractivity contribution in [3.8, 4) is 16.9 Å². The molecule has 0 spiro atoms. The number of nitrogens with one attached hydrogen (secondary N) is 1.